The lowest BCUT2D eigenvalue weighted by Gasteiger charge is -2.04. The number of hydrogen-bond acceptors (Lipinski definition) is 5. The highest BCUT2D eigenvalue weighted by molar-refractivity contribution is 7.19. The Morgan fingerprint density at radius 2 is 2.00 bits per heavy atom. The van der Waals surface area contributed by atoms with E-state index >= 15 is 0 Å². The Labute approximate surface area is 156 Å². The van der Waals surface area contributed by atoms with Gasteiger partial charge in [0.05, 0.1) is 18.2 Å². The summed E-state index contributed by atoms with van der Waals surface area (Å²) < 4.78 is 34.4. The first kappa shape index (κ1) is 17.1. The molecule has 0 fully saturated rings. The molecule has 0 saturated carbocycles. The average Bonchev–Trinajstić information content (AvgIpc) is 3.35. The molecule has 0 unspecified atom stereocenters. The summed E-state index contributed by atoms with van der Waals surface area (Å²) in [6.07, 6.45) is 2.98. The van der Waals surface area contributed by atoms with E-state index < -0.39 is 23.1 Å². The van der Waals surface area contributed by atoms with E-state index in [0.29, 0.717) is 27.2 Å². The van der Waals surface area contributed by atoms with Crippen molar-refractivity contribution in [3.8, 4) is 22.2 Å². The molecule has 4 rings (SSSR count). The van der Waals surface area contributed by atoms with E-state index in [0.717, 1.165) is 12.1 Å². The number of nitrogens with zero attached hydrogens (tertiary/aromatic N) is 3. The fourth-order valence-electron chi connectivity index (χ4n) is 2.55. The van der Waals surface area contributed by atoms with Gasteiger partial charge in [-0.3, -0.25) is 9.48 Å². The largest absolute Gasteiger partial charge is 0.463 e. The maximum absolute atomic E-state index is 13.7. The monoisotopic (exact) mass is 386 g/mol. The average molecular weight is 386 g/mol. The van der Waals surface area contributed by atoms with Crippen molar-refractivity contribution in [1.29, 1.82) is 0 Å². The van der Waals surface area contributed by atoms with Gasteiger partial charge in [-0.15, -0.1) is 0 Å². The van der Waals surface area contributed by atoms with Crippen LogP contribution in [0.1, 0.15) is 10.4 Å². The molecule has 1 N–H and O–H groups in total. The van der Waals surface area contributed by atoms with Crippen LogP contribution in [-0.4, -0.2) is 20.7 Å². The Balaban J connectivity index is 1.58. The van der Waals surface area contributed by atoms with E-state index in [-0.39, 0.29) is 0 Å². The quantitative estimate of drug-likeness (QED) is 0.566. The molecular formula is C18H12F2N4O2S. The van der Waals surface area contributed by atoms with Crippen LogP contribution in [-0.2, 0) is 7.05 Å². The molecule has 9 heteroatoms. The van der Waals surface area contributed by atoms with Gasteiger partial charge in [-0.1, -0.05) is 17.4 Å². The molecule has 4 aromatic rings. The topological polar surface area (TPSA) is 73.0 Å². The van der Waals surface area contributed by atoms with Crippen LogP contribution in [0.5, 0.6) is 0 Å². The van der Waals surface area contributed by atoms with Crippen LogP contribution in [0.3, 0.4) is 0 Å². The Bertz CT molecular complexity index is 1100. The first-order chi connectivity index (χ1) is 13.0. The lowest BCUT2D eigenvalue weighted by molar-refractivity contribution is 0.101. The van der Waals surface area contributed by atoms with Crippen molar-refractivity contribution in [2.45, 2.75) is 0 Å². The third kappa shape index (κ3) is 3.24. The van der Waals surface area contributed by atoms with Gasteiger partial charge in [0.1, 0.15) is 32.9 Å². The smallest absolute Gasteiger partial charge is 0.262 e. The molecular weight excluding hydrogens is 374 g/mol. The summed E-state index contributed by atoms with van der Waals surface area (Å²) in [5.41, 5.74) is 0.726. The SMILES string of the molecule is Cn1nc(-c2ccco2)cc1-c1ncc(NC(=O)c2c(F)cccc2F)s1. The lowest BCUT2D eigenvalue weighted by atomic mass is 10.2. The van der Waals surface area contributed by atoms with Crippen LogP contribution in [0.15, 0.2) is 53.3 Å². The number of aryl methyl sites for hydroxylation is 1. The minimum atomic E-state index is -0.924. The molecule has 0 aliphatic heterocycles. The van der Waals surface area contributed by atoms with Crippen molar-refractivity contribution >= 4 is 22.2 Å². The van der Waals surface area contributed by atoms with Gasteiger partial charge < -0.3 is 9.73 Å². The molecule has 1 amide bonds. The second kappa shape index (κ2) is 6.76. The van der Waals surface area contributed by atoms with Crippen LogP contribution < -0.4 is 5.32 Å². The van der Waals surface area contributed by atoms with E-state index in [1.54, 1.807) is 36.2 Å². The number of amides is 1. The molecule has 0 radical (unpaired) electrons. The van der Waals surface area contributed by atoms with Crippen LogP contribution >= 0.6 is 11.3 Å². The molecule has 0 bridgehead atoms. The van der Waals surface area contributed by atoms with Gasteiger partial charge in [-0.05, 0) is 30.3 Å². The summed E-state index contributed by atoms with van der Waals surface area (Å²) in [6, 6.07) is 8.62. The maximum atomic E-state index is 13.7. The summed E-state index contributed by atoms with van der Waals surface area (Å²) in [6.45, 7) is 0. The molecule has 3 heterocycles. The number of nitrogens with one attached hydrogen (secondary N) is 1. The second-order valence-electron chi connectivity index (χ2n) is 5.60. The van der Waals surface area contributed by atoms with Crippen molar-refractivity contribution < 1.29 is 18.0 Å². The molecule has 136 valence electrons. The van der Waals surface area contributed by atoms with Gasteiger partial charge in [-0.2, -0.15) is 5.10 Å². The van der Waals surface area contributed by atoms with Gasteiger partial charge in [-0.25, -0.2) is 13.8 Å². The summed E-state index contributed by atoms with van der Waals surface area (Å²) in [5, 5.41) is 7.80. The number of carbonyl (C=O) groups is 1. The van der Waals surface area contributed by atoms with Gasteiger partial charge >= 0.3 is 0 Å². The van der Waals surface area contributed by atoms with Crippen molar-refractivity contribution in [2.24, 2.45) is 7.05 Å². The van der Waals surface area contributed by atoms with Gasteiger partial charge in [0.15, 0.2) is 5.76 Å². The summed E-state index contributed by atoms with van der Waals surface area (Å²) in [7, 11) is 1.76. The number of thiazole rings is 1. The van der Waals surface area contributed by atoms with E-state index in [4.69, 9.17) is 4.42 Å². The van der Waals surface area contributed by atoms with Crippen LogP contribution in [0, 0.1) is 11.6 Å². The summed E-state index contributed by atoms with van der Waals surface area (Å²) >= 11 is 1.17. The van der Waals surface area contributed by atoms with Crippen molar-refractivity contribution in [3.05, 3.63) is 66.1 Å². The predicted molar refractivity (Wildman–Crippen MR) is 96.3 cm³/mol. The van der Waals surface area contributed by atoms with Crippen molar-refractivity contribution in [2.75, 3.05) is 5.32 Å². The molecule has 0 aliphatic rings. The zero-order valence-corrected chi connectivity index (χ0v) is 14.8. The van der Waals surface area contributed by atoms with E-state index in [2.05, 4.69) is 15.4 Å². The zero-order valence-electron chi connectivity index (χ0n) is 13.9. The Hall–Kier alpha value is -3.33. The highest BCUT2D eigenvalue weighted by Gasteiger charge is 2.19. The molecule has 1 aromatic carbocycles. The third-order valence-electron chi connectivity index (χ3n) is 3.80. The van der Waals surface area contributed by atoms with E-state index in [9.17, 15) is 13.6 Å². The number of halogens is 2. The van der Waals surface area contributed by atoms with Crippen LogP contribution in [0.4, 0.5) is 13.8 Å². The molecule has 0 atom stereocenters. The standard InChI is InChI=1S/C18H12F2N4O2S/c1-24-13(8-12(23-24)14-6-3-7-26-14)18-21-9-15(27-18)22-17(25)16-10(19)4-2-5-11(16)20/h2-9H,1H3,(H,22,25). The van der Waals surface area contributed by atoms with E-state index in [1.165, 1.54) is 23.6 Å². The van der Waals surface area contributed by atoms with E-state index in [1.807, 2.05) is 0 Å². The Morgan fingerprint density at radius 3 is 2.70 bits per heavy atom. The van der Waals surface area contributed by atoms with Crippen LogP contribution in [0.25, 0.3) is 22.2 Å². The number of rotatable bonds is 4. The highest BCUT2D eigenvalue weighted by Crippen LogP contribution is 2.31. The number of carbonyl (C=O) groups excluding carboxylic acids is 1. The lowest BCUT2D eigenvalue weighted by Crippen LogP contribution is -2.15. The predicted octanol–water partition coefficient (Wildman–Crippen LogP) is 4.33. The number of furan rings is 1. The number of hydrogen-bond donors (Lipinski definition) is 1. The zero-order chi connectivity index (χ0) is 19.0. The normalized spacial score (nSPS) is 10.9. The molecule has 0 aliphatic carbocycles. The van der Waals surface area contributed by atoms with Crippen LogP contribution in [0.2, 0.25) is 0 Å². The first-order valence-electron chi connectivity index (χ1n) is 7.82. The number of aromatic nitrogens is 3. The minimum Gasteiger partial charge on any atom is -0.463 e. The summed E-state index contributed by atoms with van der Waals surface area (Å²) in [4.78, 5) is 16.4. The number of anilines is 1. The summed E-state index contributed by atoms with van der Waals surface area (Å²) in [5.74, 6) is -2.10. The fraction of sp³-hybridized carbons (Fsp3) is 0.0556. The second-order valence-corrected chi connectivity index (χ2v) is 6.63. The first-order valence-corrected chi connectivity index (χ1v) is 8.64. The Morgan fingerprint density at radius 1 is 1.22 bits per heavy atom. The molecule has 27 heavy (non-hydrogen) atoms. The molecule has 6 nitrogen and oxygen atoms in total. The van der Waals surface area contributed by atoms with Crippen molar-refractivity contribution in [1.82, 2.24) is 14.8 Å². The fourth-order valence-corrected chi connectivity index (χ4v) is 3.41. The molecule has 0 saturated heterocycles. The highest BCUT2D eigenvalue weighted by atomic mass is 32.1. The number of benzene rings is 1. The molecule has 0 spiro atoms. The molecule has 3 aromatic heterocycles. The van der Waals surface area contributed by atoms with Gasteiger partial charge in [0, 0.05) is 7.05 Å². The minimum absolute atomic E-state index is 0.360. The Kier molecular flexibility index (Phi) is 4.28. The third-order valence-corrected chi connectivity index (χ3v) is 4.74. The van der Waals surface area contributed by atoms with Crippen molar-refractivity contribution in [3.63, 3.8) is 0 Å². The van der Waals surface area contributed by atoms with Gasteiger partial charge in [0.2, 0.25) is 0 Å². The van der Waals surface area contributed by atoms with Gasteiger partial charge in [0.25, 0.3) is 5.91 Å². The maximum Gasteiger partial charge on any atom is 0.262 e.